The van der Waals surface area contributed by atoms with Crippen molar-refractivity contribution in [1.82, 2.24) is 15.1 Å². The summed E-state index contributed by atoms with van der Waals surface area (Å²) >= 11 is 0. The number of nitrogens with zero attached hydrogens (tertiary/aromatic N) is 2. The van der Waals surface area contributed by atoms with Gasteiger partial charge in [-0.15, -0.1) is 0 Å². The molecular formula is C15H31N3. The van der Waals surface area contributed by atoms with Crippen LogP contribution >= 0.6 is 0 Å². The fraction of sp³-hybridized carbons (Fsp3) is 1.00. The number of hydrogen-bond donors (Lipinski definition) is 1. The molecule has 0 aromatic heterocycles. The van der Waals surface area contributed by atoms with Gasteiger partial charge < -0.3 is 10.2 Å². The van der Waals surface area contributed by atoms with E-state index in [1.165, 1.54) is 71.4 Å². The molecule has 2 rings (SSSR count). The van der Waals surface area contributed by atoms with E-state index in [9.17, 15) is 0 Å². The Balaban J connectivity index is 1.85. The molecule has 1 unspecified atom stereocenters. The third kappa shape index (κ3) is 3.69. The molecule has 1 atom stereocenters. The molecule has 1 N–H and O–H groups in total. The average Bonchev–Trinajstić information content (AvgIpc) is 2.52. The van der Waals surface area contributed by atoms with Crippen LogP contribution in [0.1, 0.15) is 46.0 Å². The fourth-order valence-corrected chi connectivity index (χ4v) is 3.44. The molecule has 0 saturated carbocycles. The van der Waals surface area contributed by atoms with E-state index in [1.54, 1.807) is 0 Å². The van der Waals surface area contributed by atoms with Crippen LogP contribution in [0.4, 0.5) is 0 Å². The lowest BCUT2D eigenvalue weighted by atomic mass is 10.0. The highest BCUT2D eigenvalue weighted by Crippen LogP contribution is 2.21. The minimum absolute atomic E-state index is 0.827. The van der Waals surface area contributed by atoms with Crippen molar-refractivity contribution in [2.45, 2.75) is 58.0 Å². The lowest BCUT2D eigenvalue weighted by Crippen LogP contribution is -2.60. The summed E-state index contributed by atoms with van der Waals surface area (Å²) < 4.78 is 0. The molecule has 18 heavy (non-hydrogen) atoms. The van der Waals surface area contributed by atoms with Crippen LogP contribution in [0.2, 0.25) is 0 Å². The van der Waals surface area contributed by atoms with Crippen molar-refractivity contribution in [2.75, 3.05) is 39.3 Å². The molecule has 0 spiro atoms. The largest absolute Gasteiger partial charge is 0.314 e. The lowest BCUT2D eigenvalue weighted by molar-refractivity contribution is 0.0855. The molecule has 0 aliphatic carbocycles. The first-order valence-electron chi connectivity index (χ1n) is 8.04. The van der Waals surface area contributed by atoms with Crippen LogP contribution in [0.15, 0.2) is 0 Å². The maximum Gasteiger partial charge on any atom is 0.0348 e. The SMILES string of the molecule is CCCN1CCCC(N(CCC)C2CNC2)CC1. The van der Waals surface area contributed by atoms with Crippen LogP contribution in [0.5, 0.6) is 0 Å². The van der Waals surface area contributed by atoms with Gasteiger partial charge in [-0.2, -0.15) is 0 Å². The van der Waals surface area contributed by atoms with Gasteiger partial charge in [0.25, 0.3) is 0 Å². The summed E-state index contributed by atoms with van der Waals surface area (Å²) in [5, 5.41) is 3.43. The van der Waals surface area contributed by atoms with Crippen molar-refractivity contribution in [2.24, 2.45) is 0 Å². The standard InChI is InChI=1S/C15H31N3/c1-3-8-17-10-5-6-14(7-11-17)18(9-4-2)15-12-16-13-15/h14-16H,3-13H2,1-2H3. The van der Waals surface area contributed by atoms with Crippen LogP contribution in [0.25, 0.3) is 0 Å². The second-order valence-electron chi connectivity index (χ2n) is 5.98. The molecule has 3 nitrogen and oxygen atoms in total. The van der Waals surface area contributed by atoms with Crippen molar-refractivity contribution in [3.05, 3.63) is 0 Å². The zero-order chi connectivity index (χ0) is 12.8. The monoisotopic (exact) mass is 253 g/mol. The van der Waals surface area contributed by atoms with E-state index in [2.05, 4.69) is 29.0 Å². The van der Waals surface area contributed by atoms with Crippen molar-refractivity contribution in [3.8, 4) is 0 Å². The average molecular weight is 253 g/mol. The van der Waals surface area contributed by atoms with E-state index in [0.29, 0.717) is 0 Å². The van der Waals surface area contributed by atoms with Gasteiger partial charge in [0.2, 0.25) is 0 Å². The highest BCUT2D eigenvalue weighted by atomic mass is 15.3. The summed E-state index contributed by atoms with van der Waals surface area (Å²) in [7, 11) is 0. The van der Waals surface area contributed by atoms with Gasteiger partial charge >= 0.3 is 0 Å². The zero-order valence-corrected chi connectivity index (χ0v) is 12.3. The summed E-state index contributed by atoms with van der Waals surface area (Å²) in [6.07, 6.45) is 6.79. The maximum atomic E-state index is 3.43. The Morgan fingerprint density at radius 3 is 2.50 bits per heavy atom. The Hall–Kier alpha value is -0.120. The lowest BCUT2D eigenvalue weighted by Gasteiger charge is -2.43. The van der Waals surface area contributed by atoms with Crippen molar-refractivity contribution < 1.29 is 0 Å². The molecule has 0 aromatic carbocycles. The minimum Gasteiger partial charge on any atom is -0.314 e. The Morgan fingerprint density at radius 1 is 1.06 bits per heavy atom. The van der Waals surface area contributed by atoms with Gasteiger partial charge in [-0.05, 0) is 58.3 Å². The third-order valence-electron chi connectivity index (χ3n) is 4.51. The molecule has 0 aromatic rings. The van der Waals surface area contributed by atoms with Crippen LogP contribution < -0.4 is 5.32 Å². The first-order chi connectivity index (χ1) is 8.85. The maximum absolute atomic E-state index is 3.43. The van der Waals surface area contributed by atoms with E-state index in [1.807, 2.05) is 0 Å². The summed E-state index contributed by atoms with van der Waals surface area (Å²) in [5.74, 6) is 0. The summed E-state index contributed by atoms with van der Waals surface area (Å²) in [4.78, 5) is 5.48. The van der Waals surface area contributed by atoms with Gasteiger partial charge in [-0.3, -0.25) is 4.90 Å². The van der Waals surface area contributed by atoms with Crippen molar-refractivity contribution in [3.63, 3.8) is 0 Å². The molecule has 106 valence electrons. The second-order valence-corrected chi connectivity index (χ2v) is 5.98. The molecule has 0 amide bonds. The Morgan fingerprint density at radius 2 is 1.89 bits per heavy atom. The first kappa shape index (κ1) is 14.3. The van der Waals surface area contributed by atoms with Gasteiger partial charge in [-0.25, -0.2) is 0 Å². The van der Waals surface area contributed by atoms with Gasteiger partial charge in [0, 0.05) is 25.2 Å². The normalized spacial score (nSPS) is 27.2. The fourth-order valence-electron chi connectivity index (χ4n) is 3.44. The van der Waals surface area contributed by atoms with Gasteiger partial charge in [0.05, 0.1) is 0 Å². The van der Waals surface area contributed by atoms with Crippen molar-refractivity contribution in [1.29, 1.82) is 0 Å². The van der Waals surface area contributed by atoms with Gasteiger partial charge in [-0.1, -0.05) is 13.8 Å². The van der Waals surface area contributed by atoms with Crippen LogP contribution in [0.3, 0.4) is 0 Å². The van der Waals surface area contributed by atoms with E-state index in [-0.39, 0.29) is 0 Å². The summed E-state index contributed by atoms with van der Waals surface area (Å²) in [5.41, 5.74) is 0. The van der Waals surface area contributed by atoms with E-state index >= 15 is 0 Å². The molecule has 3 heteroatoms. The Labute approximate surface area is 113 Å². The van der Waals surface area contributed by atoms with Crippen LogP contribution in [-0.2, 0) is 0 Å². The Kier molecular flexibility index (Phi) is 5.93. The van der Waals surface area contributed by atoms with Gasteiger partial charge in [0.15, 0.2) is 0 Å². The van der Waals surface area contributed by atoms with Crippen LogP contribution in [0, 0.1) is 0 Å². The predicted octanol–water partition coefficient (Wildman–Crippen LogP) is 1.93. The van der Waals surface area contributed by atoms with Crippen LogP contribution in [-0.4, -0.2) is 61.2 Å². The smallest absolute Gasteiger partial charge is 0.0348 e. The zero-order valence-electron chi connectivity index (χ0n) is 12.3. The van der Waals surface area contributed by atoms with E-state index < -0.39 is 0 Å². The molecule has 2 heterocycles. The molecule has 0 bridgehead atoms. The number of likely N-dealkylation sites (tertiary alicyclic amines) is 1. The summed E-state index contributed by atoms with van der Waals surface area (Å²) in [6.45, 7) is 12.3. The number of nitrogens with one attached hydrogen (secondary N) is 1. The quantitative estimate of drug-likeness (QED) is 0.780. The van der Waals surface area contributed by atoms with Crippen molar-refractivity contribution >= 4 is 0 Å². The molecule has 0 radical (unpaired) electrons. The molecule has 2 saturated heterocycles. The molecular weight excluding hydrogens is 222 g/mol. The molecule has 2 aliphatic rings. The predicted molar refractivity (Wildman–Crippen MR) is 78.0 cm³/mol. The van der Waals surface area contributed by atoms with Gasteiger partial charge in [0.1, 0.15) is 0 Å². The highest BCUT2D eigenvalue weighted by molar-refractivity contribution is 4.89. The van der Waals surface area contributed by atoms with E-state index in [0.717, 1.165) is 12.1 Å². The summed E-state index contributed by atoms with van der Waals surface area (Å²) in [6, 6.07) is 1.67. The molecule has 2 fully saturated rings. The number of hydrogen-bond acceptors (Lipinski definition) is 3. The molecule has 2 aliphatic heterocycles. The third-order valence-corrected chi connectivity index (χ3v) is 4.51. The van der Waals surface area contributed by atoms with E-state index in [4.69, 9.17) is 0 Å². The topological polar surface area (TPSA) is 18.5 Å². The first-order valence-corrected chi connectivity index (χ1v) is 8.04. The Bertz CT molecular complexity index is 228. The minimum atomic E-state index is 0.827. The number of rotatable bonds is 6. The highest BCUT2D eigenvalue weighted by Gasteiger charge is 2.30. The second kappa shape index (κ2) is 7.46.